The molecule has 1 unspecified atom stereocenters. The van der Waals surface area contributed by atoms with Crippen molar-refractivity contribution in [3.8, 4) is 22.6 Å². The summed E-state index contributed by atoms with van der Waals surface area (Å²) in [4.78, 5) is 26.2. The summed E-state index contributed by atoms with van der Waals surface area (Å²) in [5, 5.41) is 0. The molecule has 0 radical (unpaired) electrons. The van der Waals surface area contributed by atoms with E-state index in [1.54, 1.807) is 6.07 Å². The van der Waals surface area contributed by atoms with Gasteiger partial charge in [0.25, 0.3) is 5.56 Å². The van der Waals surface area contributed by atoms with Crippen LogP contribution < -0.4 is 16.0 Å². The number of aromatic amines is 1. The van der Waals surface area contributed by atoms with E-state index in [2.05, 4.69) is 18.0 Å². The van der Waals surface area contributed by atoms with Gasteiger partial charge in [-0.25, -0.2) is 9.18 Å². The van der Waals surface area contributed by atoms with Crippen molar-refractivity contribution in [2.75, 3.05) is 7.11 Å². The molecule has 1 atom stereocenters. The molecule has 0 saturated carbocycles. The van der Waals surface area contributed by atoms with E-state index >= 15 is 4.39 Å². The van der Waals surface area contributed by atoms with Gasteiger partial charge in [-0.15, -0.1) is 0 Å². The van der Waals surface area contributed by atoms with Gasteiger partial charge >= 0.3 is 5.69 Å². The zero-order valence-electron chi connectivity index (χ0n) is 18.5. The maximum Gasteiger partial charge on any atom is 0.333 e. The molecular formula is C25H29FN2O3. The number of hydrogen-bond donors (Lipinski definition) is 1. The number of methoxy groups -OCH3 is 1. The lowest BCUT2D eigenvalue weighted by atomic mass is 9.83. The van der Waals surface area contributed by atoms with Crippen LogP contribution in [0.15, 0.2) is 46.1 Å². The lowest BCUT2D eigenvalue weighted by Crippen LogP contribution is -2.28. The summed E-state index contributed by atoms with van der Waals surface area (Å²) < 4.78 is 22.9. The zero-order valence-corrected chi connectivity index (χ0v) is 18.5. The standard InChI is InChI=1S/C25H27FN2O3.H2/c1-14-6-7-15-12-16(8-9-17(14)15)21-22(26)19(28-11-10-20(29)27-24(28)30)13-18(23(21)31-5)25(2,3)4;/h8-14H,6-7H2,1-5H3,(H,27,29,30);1H. The molecule has 0 amide bonds. The molecule has 0 spiro atoms. The van der Waals surface area contributed by atoms with Crippen molar-refractivity contribution in [3.05, 3.63) is 79.9 Å². The van der Waals surface area contributed by atoms with Gasteiger partial charge < -0.3 is 4.74 Å². The molecule has 0 saturated heterocycles. The number of aromatic nitrogens is 2. The third-order valence-electron chi connectivity index (χ3n) is 6.10. The number of benzene rings is 2. The Morgan fingerprint density at radius 2 is 1.94 bits per heavy atom. The van der Waals surface area contributed by atoms with Crippen molar-refractivity contribution >= 4 is 0 Å². The largest absolute Gasteiger partial charge is 0.496 e. The average molecular weight is 425 g/mol. The van der Waals surface area contributed by atoms with Gasteiger partial charge in [0.1, 0.15) is 5.75 Å². The Balaban J connectivity index is 0.00000289. The maximum absolute atomic E-state index is 16.0. The highest BCUT2D eigenvalue weighted by molar-refractivity contribution is 5.77. The Morgan fingerprint density at radius 3 is 2.58 bits per heavy atom. The lowest BCUT2D eigenvalue weighted by Gasteiger charge is -2.26. The summed E-state index contributed by atoms with van der Waals surface area (Å²) >= 11 is 0. The fourth-order valence-electron chi connectivity index (χ4n) is 4.42. The Bertz CT molecular complexity index is 1290. The average Bonchev–Trinajstić information content (AvgIpc) is 3.07. The third-order valence-corrected chi connectivity index (χ3v) is 6.10. The molecule has 4 rings (SSSR count). The quantitative estimate of drug-likeness (QED) is 0.648. The van der Waals surface area contributed by atoms with Gasteiger partial charge in [-0.2, -0.15) is 0 Å². The number of rotatable bonds is 3. The van der Waals surface area contributed by atoms with Crippen LogP contribution in [0.3, 0.4) is 0 Å². The topological polar surface area (TPSA) is 64.1 Å². The molecule has 2 aromatic carbocycles. The molecule has 0 fully saturated rings. The van der Waals surface area contributed by atoms with Crippen LogP contribution in [0.25, 0.3) is 16.8 Å². The first-order chi connectivity index (χ1) is 14.6. The Kier molecular flexibility index (Phi) is 5.12. The lowest BCUT2D eigenvalue weighted by molar-refractivity contribution is 0.396. The van der Waals surface area contributed by atoms with E-state index in [1.165, 1.54) is 30.5 Å². The molecular weight excluding hydrogens is 395 g/mol. The van der Waals surface area contributed by atoms with Crippen LogP contribution in [0.2, 0.25) is 0 Å². The molecule has 1 heterocycles. The molecule has 1 aromatic heterocycles. The van der Waals surface area contributed by atoms with E-state index in [1.807, 2.05) is 32.9 Å². The number of aryl methyl sites for hydroxylation is 1. The summed E-state index contributed by atoms with van der Waals surface area (Å²) in [5.41, 5.74) is 2.81. The summed E-state index contributed by atoms with van der Waals surface area (Å²) in [7, 11) is 1.54. The number of fused-ring (bicyclic) bond motifs is 1. The van der Waals surface area contributed by atoms with Crippen LogP contribution in [-0.2, 0) is 11.8 Å². The number of halogens is 1. The molecule has 164 valence electrons. The first-order valence-electron chi connectivity index (χ1n) is 10.5. The van der Waals surface area contributed by atoms with Crippen molar-refractivity contribution in [2.24, 2.45) is 0 Å². The maximum atomic E-state index is 16.0. The van der Waals surface area contributed by atoms with Crippen molar-refractivity contribution in [2.45, 2.75) is 51.9 Å². The second-order valence-corrected chi connectivity index (χ2v) is 9.25. The van der Waals surface area contributed by atoms with Crippen molar-refractivity contribution in [1.82, 2.24) is 9.55 Å². The number of hydrogen-bond acceptors (Lipinski definition) is 3. The van der Waals surface area contributed by atoms with Gasteiger partial charge in [-0.05, 0) is 46.9 Å². The van der Waals surface area contributed by atoms with E-state index in [-0.39, 0.29) is 12.5 Å². The van der Waals surface area contributed by atoms with Crippen molar-refractivity contribution < 1.29 is 10.6 Å². The van der Waals surface area contributed by atoms with Crippen LogP contribution >= 0.6 is 0 Å². The minimum absolute atomic E-state index is 0. The summed E-state index contributed by atoms with van der Waals surface area (Å²) in [6.07, 6.45) is 3.34. The van der Waals surface area contributed by atoms with Gasteiger partial charge in [0.15, 0.2) is 5.82 Å². The second kappa shape index (κ2) is 7.52. The van der Waals surface area contributed by atoms with E-state index in [0.29, 0.717) is 22.8 Å². The van der Waals surface area contributed by atoms with Crippen LogP contribution in [0, 0.1) is 5.82 Å². The highest BCUT2D eigenvalue weighted by Gasteiger charge is 2.29. The number of ether oxygens (including phenoxy) is 1. The Hall–Kier alpha value is -3.15. The van der Waals surface area contributed by atoms with Crippen LogP contribution in [0.1, 0.15) is 58.2 Å². The second-order valence-electron chi connectivity index (χ2n) is 9.25. The minimum Gasteiger partial charge on any atom is -0.496 e. The Morgan fingerprint density at radius 1 is 1.19 bits per heavy atom. The molecule has 0 aliphatic heterocycles. The van der Waals surface area contributed by atoms with Gasteiger partial charge in [0.05, 0.1) is 18.4 Å². The first kappa shape index (κ1) is 21.1. The normalized spacial score (nSPS) is 15.7. The first-order valence-corrected chi connectivity index (χ1v) is 10.5. The number of H-pyrrole nitrogens is 1. The van der Waals surface area contributed by atoms with Gasteiger partial charge in [0.2, 0.25) is 0 Å². The molecule has 6 heteroatoms. The molecule has 31 heavy (non-hydrogen) atoms. The fraction of sp³-hybridized carbons (Fsp3) is 0.360. The summed E-state index contributed by atoms with van der Waals surface area (Å²) in [6.45, 7) is 8.23. The van der Waals surface area contributed by atoms with Crippen LogP contribution in [0.4, 0.5) is 4.39 Å². The highest BCUT2D eigenvalue weighted by Crippen LogP contribution is 2.44. The number of nitrogens with zero attached hydrogens (tertiary/aromatic N) is 1. The molecule has 1 N–H and O–H groups in total. The minimum atomic E-state index is -0.690. The van der Waals surface area contributed by atoms with E-state index in [9.17, 15) is 9.59 Å². The van der Waals surface area contributed by atoms with E-state index < -0.39 is 17.1 Å². The van der Waals surface area contributed by atoms with Gasteiger partial charge in [-0.3, -0.25) is 14.3 Å². The summed E-state index contributed by atoms with van der Waals surface area (Å²) in [6, 6.07) is 8.86. The predicted octanol–water partition coefficient (Wildman–Crippen LogP) is 4.93. The molecule has 3 aromatic rings. The highest BCUT2D eigenvalue weighted by atomic mass is 19.1. The van der Waals surface area contributed by atoms with Crippen LogP contribution in [-0.4, -0.2) is 16.7 Å². The molecule has 1 aliphatic rings. The summed E-state index contributed by atoms with van der Waals surface area (Å²) in [5.74, 6) is 0.384. The SMILES string of the molecule is COc1c(C(C)(C)C)cc(-n2ccc(=O)[nH]c2=O)c(F)c1-c1ccc2c(c1)CCC2C.[HH]. The van der Waals surface area contributed by atoms with Crippen molar-refractivity contribution in [3.63, 3.8) is 0 Å². The predicted molar refractivity (Wildman–Crippen MR) is 122 cm³/mol. The molecule has 0 bridgehead atoms. The third kappa shape index (κ3) is 3.60. The monoisotopic (exact) mass is 424 g/mol. The Labute approximate surface area is 182 Å². The van der Waals surface area contributed by atoms with E-state index in [4.69, 9.17) is 4.74 Å². The molecule has 1 aliphatic carbocycles. The van der Waals surface area contributed by atoms with Crippen molar-refractivity contribution in [1.29, 1.82) is 0 Å². The smallest absolute Gasteiger partial charge is 0.333 e. The van der Waals surface area contributed by atoms with E-state index in [0.717, 1.165) is 23.0 Å². The van der Waals surface area contributed by atoms with Gasteiger partial charge in [-0.1, -0.05) is 45.9 Å². The van der Waals surface area contributed by atoms with Crippen LogP contribution in [0.5, 0.6) is 5.75 Å². The van der Waals surface area contributed by atoms with Gasteiger partial charge in [0, 0.05) is 19.3 Å². The zero-order chi connectivity index (χ0) is 22.5. The number of nitrogens with one attached hydrogen (secondary N) is 1. The molecule has 5 nitrogen and oxygen atoms in total. The fourth-order valence-corrected chi connectivity index (χ4v) is 4.42.